The Hall–Kier alpha value is -2.99. The molecule has 7 heteroatoms. The molecule has 1 unspecified atom stereocenters. The van der Waals surface area contributed by atoms with E-state index in [-0.39, 0.29) is 11.3 Å². The van der Waals surface area contributed by atoms with E-state index >= 15 is 0 Å². The Morgan fingerprint density at radius 1 is 0.879 bits per heavy atom. The molecule has 1 aromatic heterocycles. The Bertz CT molecular complexity index is 1310. The van der Waals surface area contributed by atoms with Crippen LogP contribution in [-0.2, 0) is 0 Å². The fraction of sp³-hybridized carbons (Fsp3) is 0.0769. The summed E-state index contributed by atoms with van der Waals surface area (Å²) in [5.41, 5.74) is 9.86. The van der Waals surface area contributed by atoms with Gasteiger partial charge in [-0.3, -0.25) is 10.4 Å². The minimum atomic E-state index is 0.0494. The Morgan fingerprint density at radius 2 is 1.61 bits per heavy atom. The maximum atomic E-state index is 6.13. The number of nitrogens with one attached hydrogen (secondary N) is 1. The van der Waals surface area contributed by atoms with Crippen molar-refractivity contribution in [1.29, 1.82) is 0 Å². The zero-order valence-corrected chi connectivity index (χ0v) is 20.1. The third-order valence-corrected chi connectivity index (χ3v) is 6.63. The first-order valence-electron chi connectivity index (χ1n) is 10.4. The molecule has 0 fully saturated rings. The van der Waals surface area contributed by atoms with Gasteiger partial charge in [-0.25, -0.2) is 9.97 Å². The van der Waals surface area contributed by atoms with Crippen molar-refractivity contribution in [3.05, 3.63) is 112 Å². The maximum absolute atomic E-state index is 6.13. The summed E-state index contributed by atoms with van der Waals surface area (Å²) >= 11 is 13.8. The second kappa shape index (κ2) is 9.48. The average Bonchev–Trinajstić information content (AvgIpc) is 3.29. The van der Waals surface area contributed by atoms with Crippen LogP contribution in [0.15, 0.2) is 96.2 Å². The number of nitrogens with zero attached hydrogens (tertiary/aromatic N) is 3. The molecule has 4 aromatic rings. The summed E-state index contributed by atoms with van der Waals surface area (Å²) in [5.74, 6) is 0. The van der Waals surface area contributed by atoms with Crippen molar-refractivity contribution in [2.24, 2.45) is 0 Å². The molecule has 33 heavy (non-hydrogen) atoms. The number of para-hydroxylation sites is 1. The fourth-order valence-corrected chi connectivity index (χ4v) is 4.64. The van der Waals surface area contributed by atoms with Crippen molar-refractivity contribution in [3.8, 4) is 22.4 Å². The van der Waals surface area contributed by atoms with E-state index in [1.165, 1.54) is 5.56 Å². The van der Waals surface area contributed by atoms with Gasteiger partial charge in [-0.15, -0.1) is 11.8 Å². The number of hydrogen-bond acceptors (Lipinski definition) is 5. The molecule has 1 aliphatic rings. The molecule has 1 aliphatic heterocycles. The normalized spacial score (nSPS) is 15.3. The third kappa shape index (κ3) is 4.58. The van der Waals surface area contributed by atoms with Gasteiger partial charge in [0.25, 0.3) is 0 Å². The second-order valence-corrected chi connectivity index (χ2v) is 9.14. The lowest BCUT2D eigenvalue weighted by molar-refractivity contribution is 0.716. The Kier molecular flexibility index (Phi) is 6.27. The van der Waals surface area contributed by atoms with Gasteiger partial charge in [0.15, 0.2) is 0 Å². The van der Waals surface area contributed by atoms with Gasteiger partial charge in [-0.05, 0) is 59.3 Å². The first kappa shape index (κ1) is 21.8. The predicted molar refractivity (Wildman–Crippen MR) is 139 cm³/mol. The lowest BCUT2D eigenvalue weighted by Crippen LogP contribution is -2.34. The number of thioether (sulfide) groups is 1. The van der Waals surface area contributed by atoms with Crippen LogP contribution in [0.2, 0.25) is 10.3 Å². The number of hydrogen-bond donors (Lipinski definition) is 1. The van der Waals surface area contributed by atoms with E-state index in [4.69, 9.17) is 23.2 Å². The van der Waals surface area contributed by atoms with E-state index in [0.717, 1.165) is 38.1 Å². The molecule has 164 valence electrons. The molecule has 0 saturated heterocycles. The summed E-state index contributed by atoms with van der Waals surface area (Å²) in [7, 11) is 0. The standard InChI is InChI=1S/C26H20Cl2N4S/c1-33-25-16-24(19-10-12-20(27)13-11-19)32(31-25)23-5-3-2-4-21(23)17-6-8-18(9-7-17)22-14-15-29-26(28)30-22/h2-16,24,31H,1H3. The molecule has 0 spiro atoms. The van der Waals surface area contributed by atoms with Crippen LogP contribution in [-0.4, -0.2) is 16.2 Å². The van der Waals surface area contributed by atoms with E-state index in [1.54, 1.807) is 18.0 Å². The predicted octanol–water partition coefficient (Wildman–Crippen LogP) is 7.39. The zero-order valence-electron chi connectivity index (χ0n) is 17.7. The van der Waals surface area contributed by atoms with Crippen molar-refractivity contribution in [2.45, 2.75) is 6.04 Å². The highest BCUT2D eigenvalue weighted by molar-refractivity contribution is 8.02. The molecule has 2 heterocycles. The van der Waals surface area contributed by atoms with Crippen LogP contribution in [0.1, 0.15) is 11.6 Å². The van der Waals surface area contributed by atoms with Gasteiger partial charge in [0, 0.05) is 22.3 Å². The lowest BCUT2D eigenvalue weighted by atomic mass is 9.99. The van der Waals surface area contributed by atoms with Crippen molar-refractivity contribution in [1.82, 2.24) is 15.4 Å². The first-order chi connectivity index (χ1) is 16.1. The van der Waals surface area contributed by atoms with E-state index in [1.807, 2.05) is 18.2 Å². The number of benzene rings is 3. The summed E-state index contributed by atoms with van der Waals surface area (Å²) in [6, 6.07) is 26.7. The van der Waals surface area contributed by atoms with Crippen LogP contribution >= 0.6 is 35.0 Å². The second-order valence-electron chi connectivity index (χ2n) is 7.52. The van der Waals surface area contributed by atoms with Gasteiger partial charge in [0.2, 0.25) is 5.28 Å². The summed E-state index contributed by atoms with van der Waals surface area (Å²) in [6.45, 7) is 0. The van der Waals surface area contributed by atoms with Gasteiger partial charge in [0.05, 0.1) is 22.5 Å². The Morgan fingerprint density at radius 3 is 2.33 bits per heavy atom. The Balaban J connectivity index is 1.51. The summed E-state index contributed by atoms with van der Waals surface area (Å²) in [4.78, 5) is 8.28. The number of halogens is 2. The van der Waals surface area contributed by atoms with E-state index in [9.17, 15) is 0 Å². The number of rotatable bonds is 5. The van der Waals surface area contributed by atoms with Gasteiger partial charge in [-0.2, -0.15) is 0 Å². The Labute approximate surface area is 207 Å². The highest BCUT2D eigenvalue weighted by Crippen LogP contribution is 2.40. The van der Waals surface area contributed by atoms with Crippen molar-refractivity contribution in [3.63, 3.8) is 0 Å². The molecule has 0 amide bonds. The van der Waals surface area contributed by atoms with Gasteiger partial charge in [0.1, 0.15) is 0 Å². The van der Waals surface area contributed by atoms with E-state index in [2.05, 4.69) is 93.4 Å². The summed E-state index contributed by atoms with van der Waals surface area (Å²) in [6.07, 6.45) is 5.98. The molecule has 4 nitrogen and oxygen atoms in total. The quantitative estimate of drug-likeness (QED) is 0.295. The monoisotopic (exact) mass is 490 g/mol. The van der Waals surface area contributed by atoms with Crippen LogP contribution in [0.5, 0.6) is 0 Å². The largest absolute Gasteiger partial charge is 0.291 e. The van der Waals surface area contributed by atoms with Crippen LogP contribution in [0.4, 0.5) is 5.69 Å². The molecular weight excluding hydrogens is 471 g/mol. The van der Waals surface area contributed by atoms with Gasteiger partial charge >= 0.3 is 0 Å². The molecule has 0 bridgehead atoms. The molecule has 3 aromatic carbocycles. The highest BCUT2D eigenvalue weighted by Gasteiger charge is 2.28. The molecule has 1 N–H and O–H groups in total. The summed E-state index contributed by atoms with van der Waals surface area (Å²) < 4.78 is 0. The van der Waals surface area contributed by atoms with E-state index < -0.39 is 0 Å². The topological polar surface area (TPSA) is 41.1 Å². The number of anilines is 1. The van der Waals surface area contributed by atoms with Gasteiger partial charge in [-0.1, -0.05) is 66.2 Å². The third-order valence-electron chi connectivity index (χ3n) is 5.53. The highest BCUT2D eigenvalue weighted by atomic mass is 35.5. The van der Waals surface area contributed by atoms with E-state index in [0.29, 0.717) is 0 Å². The molecular formula is C26H20Cl2N4S. The van der Waals surface area contributed by atoms with Gasteiger partial charge < -0.3 is 0 Å². The number of aromatic nitrogens is 2. The average molecular weight is 491 g/mol. The summed E-state index contributed by atoms with van der Waals surface area (Å²) in [5, 5.41) is 4.30. The minimum Gasteiger partial charge on any atom is -0.291 e. The molecule has 5 rings (SSSR count). The SMILES string of the molecule is CSC1=CC(c2ccc(Cl)cc2)N(c2ccccc2-c2ccc(-c3ccnc(Cl)n3)cc2)N1. The van der Waals surface area contributed by atoms with Crippen molar-refractivity contribution >= 4 is 40.7 Å². The molecule has 1 atom stereocenters. The molecule has 0 radical (unpaired) electrons. The minimum absolute atomic E-state index is 0.0494. The molecule has 0 saturated carbocycles. The van der Waals surface area contributed by atoms with Crippen LogP contribution in [0, 0.1) is 0 Å². The number of hydrazine groups is 1. The first-order valence-corrected chi connectivity index (χ1v) is 12.4. The van der Waals surface area contributed by atoms with Crippen LogP contribution in [0.25, 0.3) is 22.4 Å². The maximum Gasteiger partial charge on any atom is 0.222 e. The van der Waals surface area contributed by atoms with Crippen molar-refractivity contribution in [2.75, 3.05) is 11.3 Å². The fourth-order valence-electron chi connectivity index (χ4n) is 3.92. The zero-order chi connectivity index (χ0) is 22.8. The van der Waals surface area contributed by atoms with Crippen molar-refractivity contribution < 1.29 is 0 Å². The smallest absolute Gasteiger partial charge is 0.222 e. The van der Waals surface area contributed by atoms with Crippen LogP contribution < -0.4 is 10.4 Å². The van der Waals surface area contributed by atoms with Crippen LogP contribution in [0.3, 0.4) is 0 Å². The molecule has 0 aliphatic carbocycles. The lowest BCUT2D eigenvalue weighted by Gasteiger charge is -2.29.